The van der Waals surface area contributed by atoms with Crippen LogP contribution in [-0.2, 0) is 5.41 Å². The van der Waals surface area contributed by atoms with Gasteiger partial charge in [-0.3, -0.25) is 0 Å². The minimum absolute atomic E-state index is 0.0941. The van der Waals surface area contributed by atoms with Crippen LogP contribution in [0.2, 0.25) is 0 Å². The van der Waals surface area contributed by atoms with Gasteiger partial charge in [-0.1, -0.05) is 226 Å². The van der Waals surface area contributed by atoms with Gasteiger partial charge in [-0.05, 0) is 70.5 Å². The van der Waals surface area contributed by atoms with Crippen molar-refractivity contribution in [3.05, 3.63) is 242 Å². The fourth-order valence-electron chi connectivity index (χ4n) is 9.72. The van der Waals surface area contributed by atoms with Crippen LogP contribution in [0.15, 0.2) is 231 Å². The summed E-state index contributed by atoms with van der Waals surface area (Å²) in [5.74, 6) is 1.43. The van der Waals surface area contributed by atoms with E-state index in [2.05, 4.69) is 194 Å². The summed E-state index contributed by atoms with van der Waals surface area (Å²) < 4.78 is 0. The molecular formula is C62H48N4. The Morgan fingerprint density at radius 3 is 0.939 bits per heavy atom. The Morgan fingerprint density at radius 2 is 0.561 bits per heavy atom. The molecule has 0 N–H and O–H groups in total. The lowest BCUT2D eigenvalue weighted by Gasteiger charge is -2.39. The van der Waals surface area contributed by atoms with Crippen LogP contribution < -0.4 is 0 Å². The molecule has 4 heteroatoms. The molecule has 2 heterocycles. The average molecular weight is 849 g/mol. The van der Waals surface area contributed by atoms with Crippen molar-refractivity contribution >= 4 is 0 Å². The van der Waals surface area contributed by atoms with E-state index in [9.17, 15) is 0 Å². The molecule has 0 atom stereocenters. The third-order valence-corrected chi connectivity index (χ3v) is 13.2. The van der Waals surface area contributed by atoms with Gasteiger partial charge in [0.1, 0.15) is 0 Å². The van der Waals surface area contributed by atoms with Gasteiger partial charge in [0.05, 0.1) is 22.8 Å². The topological polar surface area (TPSA) is 51.6 Å². The molecule has 1 aliphatic rings. The summed E-state index contributed by atoms with van der Waals surface area (Å²) in [6, 6.07) is 81.7. The maximum atomic E-state index is 5.18. The zero-order valence-corrected chi connectivity index (χ0v) is 36.8. The maximum Gasteiger partial charge on any atom is 0.160 e. The predicted octanol–water partition coefficient (Wildman–Crippen LogP) is 15.9. The van der Waals surface area contributed by atoms with Crippen LogP contribution >= 0.6 is 0 Å². The van der Waals surface area contributed by atoms with Gasteiger partial charge < -0.3 is 0 Å². The van der Waals surface area contributed by atoms with Gasteiger partial charge in [-0.2, -0.15) is 0 Å². The van der Waals surface area contributed by atoms with Crippen LogP contribution in [0.3, 0.4) is 0 Å². The molecule has 316 valence electrons. The van der Waals surface area contributed by atoms with Crippen molar-refractivity contribution in [2.24, 2.45) is 0 Å². The smallest absolute Gasteiger partial charge is 0.160 e. The Labute approximate surface area is 387 Å². The van der Waals surface area contributed by atoms with Gasteiger partial charge in [0.15, 0.2) is 11.6 Å². The van der Waals surface area contributed by atoms with Crippen molar-refractivity contribution in [3.63, 3.8) is 0 Å². The molecule has 0 amide bonds. The van der Waals surface area contributed by atoms with Crippen LogP contribution in [0.25, 0.3) is 90.1 Å². The molecule has 10 aromatic rings. The van der Waals surface area contributed by atoms with Crippen LogP contribution in [0, 0.1) is 0 Å². The molecule has 1 aliphatic carbocycles. The molecule has 1 saturated carbocycles. The summed E-state index contributed by atoms with van der Waals surface area (Å²) >= 11 is 0. The third kappa shape index (κ3) is 8.37. The molecule has 66 heavy (non-hydrogen) atoms. The van der Waals surface area contributed by atoms with Crippen LogP contribution in [0.1, 0.15) is 43.2 Å². The number of hydrogen-bond donors (Lipinski definition) is 0. The van der Waals surface area contributed by atoms with Crippen molar-refractivity contribution in [3.8, 4) is 90.1 Å². The van der Waals surface area contributed by atoms with Gasteiger partial charge in [-0.25, -0.2) is 19.9 Å². The average Bonchev–Trinajstić information content (AvgIpc) is 3.42. The number of benzene rings is 8. The van der Waals surface area contributed by atoms with E-state index >= 15 is 0 Å². The number of hydrogen-bond acceptors (Lipinski definition) is 4. The fourth-order valence-corrected chi connectivity index (χ4v) is 9.72. The van der Waals surface area contributed by atoms with Crippen molar-refractivity contribution in [2.45, 2.75) is 37.5 Å². The number of rotatable bonds is 10. The van der Waals surface area contributed by atoms with E-state index in [1.165, 1.54) is 41.5 Å². The first kappa shape index (κ1) is 40.7. The highest BCUT2D eigenvalue weighted by Crippen LogP contribution is 2.46. The highest BCUT2D eigenvalue weighted by molar-refractivity contribution is 5.78. The Balaban J connectivity index is 0.939. The molecule has 11 rings (SSSR count). The van der Waals surface area contributed by atoms with Crippen molar-refractivity contribution in [1.29, 1.82) is 0 Å². The predicted molar refractivity (Wildman–Crippen MR) is 271 cm³/mol. The molecule has 8 aromatic carbocycles. The first-order valence-electron chi connectivity index (χ1n) is 23.1. The van der Waals surface area contributed by atoms with Gasteiger partial charge in [-0.15, -0.1) is 0 Å². The third-order valence-electron chi connectivity index (χ3n) is 13.2. The van der Waals surface area contributed by atoms with E-state index in [4.69, 9.17) is 19.9 Å². The Bertz CT molecular complexity index is 3020. The molecule has 0 unspecified atom stereocenters. The summed E-state index contributed by atoms with van der Waals surface area (Å²) in [6.45, 7) is 0. The number of aromatic nitrogens is 4. The highest BCUT2D eigenvalue weighted by Gasteiger charge is 2.36. The van der Waals surface area contributed by atoms with E-state index in [1.807, 2.05) is 36.4 Å². The van der Waals surface area contributed by atoms with E-state index in [-0.39, 0.29) is 5.41 Å². The summed E-state index contributed by atoms with van der Waals surface area (Å²) in [4.78, 5) is 20.6. The molecular weight excluding hydrogens is 801 g/mol. The van der Waals surface area contributed by atoms with E-state index < -0.39 is 0 Å². The minimum Gasteiger partial charge on any atom is -0.228 e. The van der Waals surface area contributed by atoms with Crippen LogP contribution in [0.5, 0.6) is 0 Å². The molecule has 1 fully saturated rings. The largest absolute Gasteiger partial charge is 0.228 e. The molecule has 4 nitrogen and oxygen atoms in total. The maximum absolute atomic E-state index is 5.18. The second kappa shape index (κ2) is 18.2. The lowest BCUT2D eigenvalue weighted by molar-refractivity contribution is 0.346. The zero-order chi connectivity index (χ0) is 44.1. The van der Waals surface area contributed by atoms with E-state index in [0.717, 1.165) is 80.1 Å². The van der Waals surface area contributed by atoms with E-state index in [1.54, 1.807) is 0 Å². The summed E-state index contributed by atoms with van der Waals surface area (Å²) in [5.41, 5.74) is 17.1. The van der Waals surface area contributed by atoms with Crippen molar-refractivity contribution in [1.82, 2.24) is 19.9 Å². The Kier molecular flexibility index (Phi) is 11.2. The minimum atomic E-state index is -0.0941. The zero-order valence-electron chi connectivity index (χ0n) is 36.8. The lowest BCUT2D eigenvalue weighted by Crippen LogP contribution is -2.30. The quantitative estimate of drug-likeness (QED) is 0.138. The van der Waals surface area contributed by atoms with Gasteiger partial charge in [0.25, 0.3) is 0 Å². The van der Waals surface area contributed by atoms with Crippen molar-refractivity contribution < 1.29 is 0 Å². The first-order chi connectivity index (χ1) is 32.6. The van der Waals surface area contributed by atoms with Gasteiger partial charge in [0.2, 0.25) is 0 Å². The Hall–Kier alpha value is -8.08. The number of nitrogens with zero attached hydrogens (tertiary/aromatic N) is 4. The molecule has 0 saturated heterocycles. The summed E-state index contributed by atoms with van der Waals surface area (Å²) in [5, 5.41) is 0. The second-order valence-electron chi connectivity index (χ2n) is 17.3. The van der Waals surface area contributed by atoms with E-state index in [0.29, 0.717) is 11.6 Å². The fraction of sp³-hybridized carbons (Fsp3) is 0.0968. The van der Waals surface area contributed by atoms with Crippen molar-refractivity contribution in [2.75, 3.05) is 0 Å². The van der Waals surface area contributed by atoms with Crippen LogP contribution in [-0.4, -0.2) is 19.9 Å². The highest BCUT2D eigenvalue weighted by atomic mass is 14.9. The normalized spacial score (nSPS) is 13.3. The standard InChI is InChI=1S/C62H48N4/c1-6-18-44(19-7-1)50-26-16-28-52(40-50)58-42-56(63-60(65-58)48-22-10-3-11-23-48)46-30-34-54(35-31-46)62(38-14-5-15-39-62)55-36-32-47(33-37-55)57-43-59(66-61(64-57)49-24-12-4-13-25-49)53-29-17-27-51(41-53)45-20-8-2-9-21-45/h1-4,6-13,16-37,40-43H,5,14-15,38-39H2. The summed E-state index contributed by atoms with van der Waals surface area (Å²) in [6.07, 6.45) is 5.85. The van der Waals surface area contributed by atoms with Gasteiger partial charge in [0, 0.05) is 38.8 Å². The summed E-state index contributed by atoms with van der Waals surface area (Å²) in [7, 11) is 0. The SMILES string of the molecule is c1ccc(-c2cccc(-c3cc(-c4ccc(C5(c6ccc(-c7cc(-c8cccc(-c9ccccc9)c8)nc(-c8ccccc8)n7)cc6)CCCCC5)cc4)nc(-c4ccccc4)n3)c2)cc1. The lowest BCUT2D eigenvalue weighted by atomic mass is 9.65. The molecule has 2 aromatic heterocycles. The molecule has 0 bridgehead atoms. The first-order valence-corrected chi connectivity index (χ1v) is 23.1. The molecule has 0 spiro atoms. The van der Waals surface area contributed by atoms with Crippen LogP contribution in [0.4, 0.5) is 0 Å². The van der Waals surface area contributed by atoms with Gasteiger partial charge >= 0.3 is 0 Å². The monoisotopic (exact) mass is 848 g/mol. The molecule has 0 aliphatic heterocycles. The second-order valence-corrected chi connectivity index (χ2v) is 17.3. The Morgan fingerprint density at radius 1 is 0.242 bits per heavy atom. The molecule has 0 radical (unpaired) electrons.